The van der Waals surface area contributed by atoms with E-state index in [1.54, 1.807) is 0 Å². The molecule has 1 N–H and O–H groups in total. The maximum absolute atomic E-state index is 5.43. The number of hydrogen-bond acceptors (Lipinski definition) is 4. The fourth-order valence-corrected chi connectivity index (χ4v) is 1.48. The molecule has 76 valence electrons. The van der Waals surface area contributed by atoms with Crippen molar-refractivity contribution in [2.45, 2.75) is 32.9 Å². The molecule has 1 aromatic rings. The van der Waals surface area contributed by atoms with Gasteiger partial charge in [-0.3, -0.25) is 0 Å². The zero-order chi connectivity index (χ0) is 9.97. The second-order valence-electron chi connectivity index (χ2n) is 3.72. The quantitative estimate of drug-likeness (QED) is 0.758. The lowest BCUT2D eigenvalue weighted by molar-refractivity contribution is 0.221. The summed E-state index contributed by atoms with van der Waals surface area (Å²) < 4.78 is 5.43. The van der Waals surface area contributed by atoms with Gasteiger partial charge < -0.3 is 10.1 Å². The molecular weight excluding hydrogens is 178 g/mol. The van der Waals surface area contributed by atoms with Crippen molar-refractivity contribution in [2.24, 2.45) is 0 Å². The number of nitrogens with one attached hydrogen (secondary N) is 1. The van der Waals surface area contributed by atoms with Crippen molar-refractivity contribution >= 4 is 0 Å². The van der Waals surface area contributed by atoms with E-state index in [9.17, 15) is 0 Å². The van der Waals surface area contributed by atoms with Gasteiger partial charge in [-0.25, -0.2) is 4.98 Å². The van der Waals surface area contributed by atoms with E-state index in [-0.39, 0.29) is 6.10 Å². The molecule has 0 saturated heterocycles. The van der Waals surface area contributed by atoms with Gasteiger partial charge in [0.2, 0.25) is 0 Å². The molecule has 4 nitrogen and oxygen atoms in total. The molecule has 0 spiro atoms. The van der Waals surface area contributed by atoms with Crippen molar-refractivity contribution in [3.8, 4) is 6.01 Å². The molecule has 0 saturated carbocycles. The summed E-state index contributed by atoms with van der Waals surface area (Å²) in [5.74, 6) is 0. The van der Waals surface area contributed by atoms with Crippen LogP contribution in [0.15, 0.2) is 6.20 Å². The Morgan fingerprint density at radius 3 is 3.14 bits per heavy atom. The zero-order valence-electron chi connectivity index (χ0n) is 8.58. The van der Waals surface area contributed by atoms with E-state index in [0.717, 1.165) is 25.2 Å². The smallest absolute Gasteiger partial charge is 0.316 e. The number of ether oxygens (including phenoxy) is 1. The average molecular weight is 193 g/mol. The summed E-state index contributed by atoms with van der Waals surface area (Å²) >= 11 is 0. The highest BCUT2D eigenvalue weighted by Gasteiger charge is 2.12. The van der Waals surface area contributed by atoms with Gasteiger partial charge in [0.25, 0.3) is 0 Å². The van der Waals surface area contributed by atoms with Crippen LogP contribution in [-0.4, -0.2) is 22.6 Å². The van der Waals surface area contributed by atoms with Crippen molar-refractivity contribution in [3.63, 3.8) is 0 Å². The summed E-state index contributed by atoms with van der Waals surface area (Å²) in [6.45, 7) is 5.79. The first-order valence-electron chi connectivity index (χ1n) is 4.98. The summed E-state index contributed by atoms with van der Waals surface area (Å²) in [5.41, 5.74) is 2.31. The summed E-state index contributed by atoms with van der Waals surface area (Å²) in [4.78, 5) is 8.53. The predicted molar refractivity (Wildman–Crippen MR) is 53.2 cm³/mol. The maximum atomic E-state index is 5.43. The minimum Gasteiger partial charge on any atom is -0.461 e. The fraction of sp³-hybridized carbons (Fsp3) is 0.600. The third-order valence-electron chi connectivity index (χ3n) is 2.14. The molecule has 4 heteroatoms. The van der Waals surface area contributed by atoms with Crippen LogP contribution in [-0.2, 0) is 13.0 Å². The Hall–Kier alpha value is -1.16. The van der Waals surface area contributed by atoms with E-state index in [1.165, 1.54) is 5.56 Å². The largest absolute Gasteiger partial charge is 0.461 e. The highest BCUT2D eigenvalue weighted by molar-refractivity contribution is 5.21. The first-order valence-corrected chi connectivity index (χ1v) is 4.98. The van der Waals surface area contributed by atoms with Gasteiger partial charge in [0.05, 0.1) is 11.8 Å². The molecule has 0 atom stereocenters. The Labute approximate surface area is 83.7 Å². The first-order chi connectivity index (χ1) is 6.75. The Kier molecular flexibility index (Phi) is 2.63. The average Bonchev–Trinajstić information content (AvgIpc) is 2.17. The molecule has 1 aromatic heterocycles. The molecule has 0 bridgehead atoms. The van der Waals surface area contributed by atoms with Crippen LogP contribution in [0.4, 0.5) is 0 Å². The topological polar surface area (TPSA) is 47.0 Å². The van der Waals surface area contributed by atoms with Gasteiger partial charge in [-0.05, 0) is 32.4 Å². The van der Waals surface area contributed by atoms with Gasteiger partial charge in [0.15, 0.2) is 0 Å². The molecule has 2 heterocycles. The van der Waals surface area contributed by atoms with Crippen LogP contribution < -0.4 is 10.1 Å². The van der Waals surface area contributed by atoms with Crippen LogP contribution >= 0.6 is 0 Å². The van der Waals surface area contributed by atoms with Crippen LogP contribution in [0.3, 0.4) is 0 Å². The number of aromatic nitrogens is 2. The second kappa shape index (κ2) is 3.92. The summed E-state index contributed by atoms with van der Waals surface area (Å²) in [5, 5.41) is 3.28. The van der Waals surface area contributed by atoms with E-state index in [1.807, 2.05) is 20.0 Å². The van der Waals surface area contributed by atoms with E-state index in [0.29, 0.717) is 6.01 Å². The van der Waals surface area contributed by atoms with Crippen LogP contribution in [0, 0.1) is 0 Å². The third-order valence-corrected chi connectivity index (χ3v) is 2.14. The Bertz CT molecular complexity index is 325. The Balaban J connectivity index is 2.20. The van der Waals surface area contributed by atoms with Crippen molar-refractivity contribution in [3.05, 3.63) is 17.5 Å². The first kappa shape index (κ1) is 9.40. The summed E-state index contributed by atoms with van der Waals surface area (Å²) in [6, 6.07) is 0.488. The molecule has 2 rings (SSSR count). The van der Waals surface area contributed by atoms with Gasteiger partial charge >= 0.3 is 6.01 Å². The minimum absolute atomic E-state index is 0.129. The van der Waals surface area contributed by atoms with Gasteiger partial charge in [0, 0.05) is 12.7 Å². The lowest BCUT2D eigenvalue weighted by atomic mass is 10.1. The molecule has 0 aliphatic carbocycles. The molecule has 0 amide bonds. The van der Waals surface area contributed by atoms with Crippen molar-refractivity contribution in [1.82, 2.24) is 15.3 Å². The molecule has 0 unspecified atom stereocenters. The monoisotopic (exact) mass is 193 g/mol. The van der Waals surface area contributed by atoms with E-state index in [4.69, 9.17) is 4.74 Å². The number of hydrogen-bond donors (Lipinski definition) is 1. The van der Waals surface area contributed by atoms with Crippen LogP contribution in [0.1, 0.15) is 25.1 Å². The highest BCUT2D eigenvalue weighted by Crippen LogP contribution is 2.13. The van der Waals surface area contributed by atoms with Crippen molar-refractivity contribution < 1.29 is 4.74 Å². The summed E-state index contributed by atoms with van der Waals surface area (Å²) in [6.07, 6.45) is 3.02. The van der Waals surface area contributed by atoms with Crippen molar-refractivity contribution in [2.75, 3.05) is 6.54 Å². The standard InChI is InChI=1S/C10H15N3O/c1-7(2)14-10-12-5-8-3-4-11-6-9(8)13-10/h5,7,11H,3-4,6H2,1-2H3. The van der Waals surface area contributed by atoms with E-state index >= 15 is 0 Å². The van der Waals surface area contributed by atoms with Gasteiger partial charge in [0.1, 0.15) is 0 Å². The maximum Gasteiger partial charge on any atom is 0.316 e. The van der Waals surface area contributed by atoms with Crippen molar-refractivity contribution in [1.29, 1.82) is 0 Å². The lowest BCUT2D eigenvalue weighted by Crippen LogP contribution is -2.25. The molecular formula is C10H15N3O. The minimum atomic E-state index is 0.129. The molecule has 1 aliphatic rings. The fourth-order valence-electron chi connectivity index (χ4n) is 1.48. The number of nitrogens with zero attached hydrogens (tertiary/aromatic N) is 2. The molecule has 0 aromatic carbocycles. The van der Waals surface area contributed by atoms with Crippen LogP contribution in [0.5, 0.6) is 6.01 Å². The van der Waals surface area contributed by atoms with Gasteiger partial charge in [-0.1, -0.05) is 0 Å². The highest BCUT2D eigenvalue weighted by atomic mass is 16.5. The Morgan fingerprint density at radius 1 is 1.50 bits per heavy atom. The lowest BCUT2D eigenvalue weighted by Gasteiger charge is -2.16. The molecule has 0 fully saturated rings. The third kappa shape index (κ3) is 2.01. The second-order valence-corrected chi connectivity index (χ2v) is 3.72. The Morgan fingerprint density at radius 2 is 2.36 bits per heavy atom. The van der Waals surface area contributed by atoms with E-state index in [2.05, 4.69) is 15.3 Å². The van der Waals surface area contributed by atoms with E-state index < -0.39 is 0 Å². The van der Waals surface area contributed by atoms with Crippen LogP contribution in [0.2, 0.25) is 0 Å². The SMILES string of the molecule is CC(C)Oc1ncc2c(n1)CNCC2. The number of rotatable bonds is 2. The molecule has 1 aliphatic heterocycles. The van der Waals surface area contributed by atoms with Gasteiger partial charge in [-0.2, -0.15) is 4.98 Å². The summed E-state index contributed by atoms with van der Waals surface area (Å²) in [7, 11) is 0. The van der Waals surface area contributed by atoms with Gasteiger partial charge in [-0.15, -0.1) is 0 Å². The van der Waals surface area contributed by atoms with Crippen LogP contribution in [0.25, 0.3) is 0 Å². The number of fused-ring (bicyclic) bond motifs is 1. The molecule has 14 heavy (non-hydrogen) atoms. The predicted octanol–water partition coefficient (Wildman–Crippen LogP) is 0.909. The zero-order valence-corrected chi connectivity index (χ0v) is 8.58. The normalized spacial score (nSPS) is 15.4. The molecule has 0 radical (unpaired) electrons.